The molecule has 0 radical (unpaired) electrons. The maximum Gasteiger partial charge on any atom is 0.242 e. The largest absolute Gasteiger partial charge is 0.354 e. The molecule has 2 amide bonds. The summed E-state index contributed by atoms with van der Waals surface area (Å²) in [4.78, 5) is 28.0. The molecule has 4 nitrogen and oxygen atoms in total. The van der Waals surface area contributed by atoms with Gasteiger partial charge < -0.3 is 10.2 Å². The van der Waals surface area contributed by atoms with E-state index in [1.54, 1.807) is 16.7 Å². The molecule has 0 aromatic heterocycles. The van der Waals surface area contributed by atoms with Gasteiger partial charge in [0.05, 0.1) is 5.75 Å². The van der Waals surface area contributed by atoms with E-state index in [-0.39, 0.29) is 11.8 Å². The fourth-order valence-corrected chi connectivity index (χ4v) is 4.40. The van der Waals surface area contributed by atoms with Crippen LogP contribution in [0.25, 0.3) is 0 Å². The van der Waals surface area contributed by atoms with Crippen LogP contribution in [-0.4, -0.2) is 35.1 Å². The van der Waals surface area contributed by atoms with Gasteiger partial charge in [-0.3, -0.25) is 9.59 Å². The number of nitrogens with one attached hydrogen (secondary N) is 1. The zero-order valence-electron chi connectivity index (χ0n) is 19.5. The lowest BCUT2D eigenvalue weighted by Gasteiger charge is -2.31. The molecule has 1 atom stereocenters. The third kappa shape index (κ3) is 7.73. The SMILES string of the molecule is CCC(C(=O)NCC(C)C)N(Cc1ccccc1C)C(=O)CSCc1ccccc1C. The maximum absolute atomic E-state index is 13.3. The van der Waals surface area contributed by atoms with Crippen LogP contribution in [0.1, 0.15) is 49.4 Å². The highest BCUT2D eigenvalue weighted by atomic mass is 32.2. The molecule has 2 aromatic rings. The second-order valence-corrected chi connectivity index (χ2v) is 9.42. The second-order valence-electron chi connectivity index (χ2n) is 8.43. The van der Waals surface area contributed by atoms with Gasteiger partial charge in [-0.25, -0.2) is 0 Å². The minimum Gasteiger partial charge on any atom is -0.354 e. The summed E-state index contributed by atoms with van der Waals surface area (Å²) in [7, 11) is 0. The van der Waals surface area contributed by atoms with E-state index in [1.165, 1.54) is 11.1 Å². The Morgan fingerprint density at radius 3 is 2.10 bits per heavy atom. The molecule has 0 saturated heterocycles. The smallest absolute Gasteiger partial charge is 0.242 e. The van der Waals surface area contributed by atoms with E-state index in [2.05, 4.69) is 38.2 Å². The lowest BCUT2D eigenvalue weighted by atomic mass is 10.1. The Labute approximate surface area is 191 Å². The molecule has 1 N–H and O–H groups in total. The Kier molecular flexibility index (Phi) is 10.1. The number of benzene rings is 2. The minimum atomic E-state index is -0.468. The number of thioether (sulfide) groups is 1. The molecule has 0 spiro atoms. The molecule has 0 aliphatic carbocycles. The van der Waals surface area contributed by atoms with Gasteiger partial charge in [0.1, 0.15) is 6.04 Å². The number of carbonyl (C=O) groups is 2. The Balaban J connectivity index is 2.14. The van der Waals surface area contributed by atoms with Crippen molar-refractivity contribution < 1.29 is 9.59 Å². The van der Waals surface area contributed by atoms with Crippen LogP contribution in [0.5, 0.6) is 0 Å². The summed E-state index contributed by atoms with van der Waals surface area (Å²) in [6.45, 7) is 11.3. The van der Waals surface area contributed by atoms with Crippen molar-refractivity contribution in [2.45, 2.75) is 59.4 Å². The van der Waals surface area contributed by atoms with Crippen molar-refractivity contribution in [1.82, 2.24) is 10.2 Å². The van der Waals surface area contributed by atoms with E-state index in [4.69, 9.17) is 0 Å². The first-order chi connectivity index (χ1) is 14.8. The van der Waals surface area contributed by atoms with Crippen molar-refractivity contribution in [1.29, 1.82) is 0 Å². The first-order valence-electron chi connectivity index (χ1n) is 11.1. The number of rotatable bonds is 11. The van der Waals surface area contributed by atoms with Crippen molar-refractivity contribution in [3.05, 3.63) is 70.8 Å². The first-order valence-corrected chi connectivity index (χ1v) is 12.2. The fourth-order valence-electron chi connectivity index (χ4n) is 3.42. The Hall–Kier alpha value is -2.27. The van der Waals surface area contributed by atoms with E-state index in [9.17, 15) is 9.59 Å². The number of nitrogens with zero attached hydrogens (tertiary/aromatic N) is 1. The molecule has 0 heterocycles. The Bertz CT molecular complexity index is 866. The highest BCUT2D eigenvalue weighted by Gasteiger charge is 2.28. The summed E-state index contributed by atoms with van der Waals surface area (Å²) in [5, 5.41) is 3.02. The van der Waals surface area contributed by atoms with Crippen LogP contribution in [0.15, 0.2) is 48.5 Å². The summed E-state index contributed by atoms with van der Waals surface area (Å²) in [6.07, 6.45) is 0.587. The lowest BCUT2D eigenvalue weighted by molar-refractivity contribution is -0.139. The molecule has 2 rings (SSSR count). The predicted octanol–water partition coefficient (Wildman–Crippen LogP) is 5.12. The Morgan fingerprint density at radius 2 is 1.55 bits per heavy atom. The average molecular weight is 441 g/mol. The van der Waals surface area contributed by atoms with Gasteiger partial charge in [0.25, 0.3) is 0 Å². The molecule has 0 bridgehead atoms. The zero-order valence-corrected chi connectivity index (χ0v) is 20.3. The summed E-state index contributed by atoms with van der Waals surface area (Å²) in [6, 6.07) is 15.8. The van der Waals surface area contributed by atoms with E-state index >= 15 is 0 Å². The minimum absolute atomic E-state index is 0.00776. The lowest BCUT2D eigenvalue weighted by Crippen LogP contribution is -2.50. The van der Waals surface area contributed by atoms with Gasteiger partial charge in [-0.05, 0) is 48.4 Å². The van der Waals surface area contributed by atoms with Crippen LogP contribution in [-0.2, 0) is 21.9 Å². The highest BCUT2D eigenvalue weighted by Crippen LogP contribution is 2.20. The topological polar surface area (TPSA) is 49.4 Å². The van der Waals surface area contributed by atoms with Crippen LogP contribution in [0.3, 0.4) is 0 Å². The van der Waals surface area contributed by atoms with Crippen LogP contribution in [0.4, 0.5) is 0 Å². The van der Waals surface area contributed by atoms with Crippen molar-refractivity contribution in [2.75, 3.05) is 12.3 Å². The van der Waals surface area contributed by atoms with Gasteiger partial charge in [0, 0.05) is 18.8 Å². The molecule has 1 unspecified atom stereocenters. The molecule has 168 valence electrons. The first kappa shape index (κ1) is 25.0. The number of carbonyl (C=O) groups excluding carboxylic acids is 2. The van der Waals surface area contributed by atoms with Gasteiger partial charge in [0.15, 0.2) is 0 Å². The molecule has 31 heavy (non-hydrogen) atoms. The molecule has 0 fully saturated rings. The fraction of sp³-hybridized carbons (Fsp3) is 0.462. The predicted molar refractivity (Wildman–Crippen MR) is 131 cm³/mol. The van der Waals surface area contributed by atoms with Gasteiger partial charge in [0.2, 0.25) is 11.8 Å². The number of hydrogen-bond acceptors (Lipinski definition) is 3. The second kappa shape index (κ2) is 12.6. The van der Waals surface area contributed by atoms with Gasteiger partial charge in [-0.2, -0.15) is 0 Å². The third-order valence-corrected chi connectivity index (χ3v) is 6.38. The molecule has 2 aromatic carbocycles. The van der Waals surface area contributed by atoms with Crippen molar-refractivity contribution in [3.63, 3.8) is 0 Å². The van der Waals surface area contributed by atoms with Crippen molar-refractivity contribution in [3.8, 4) is 0 Å². The summed E-state index contributed by atoms with van der Waals surface area (Å²) < 4.78 is 0. The van der Waals surface area contributed by atoms with Gasteiger partial charge in [-0.1, -0.05) is 69.3 Å². The normalized spacial score (nSPS) is 11.9. The average Bonchev–Trinajstić information content (AvgIpc) is 2.74. The van der Waals surface area contributed by atoms with Gasteiger partial charge >= 0.3 is 0 Å². The molecular formula is C26H36N2O2S. The summed E-state index contributed by atoms with van der Waals surface area (Å²) in [5.74, 6) is 1.45. The summed E-state index contributed by atoms with van der Waals surface area (Å²) in [5.41, 5.74) is 4.69. The number of hydrogen-bond donors (Lipinski definition) is 1. The molecule has 0 aliphatic heterocycles. The van der Waals surface area contributed by atoms with Crippen LogP contribution >= 0.6 is 11.8 Å². The van der Waals surface area contributed by atoms with Crippen LogP contribution < -0.4 is 5.32 Å². The van der Waals surface area contributed by atoms with E-state index in [0.717, 1.165) is 16.9 Å². The molecule has 0 saturated carbocycles. The van der Waals surface area contributed by atoms with Gasteiger partial charge in [-0.15, -0.1) is 11.8 Å². The maximum atomic E-state index is 13.3. The van der Waals surface area contributed by atoms with Crippen molar-refractivity contribution >= 4 is 23.6 Å². The molecule has 0 aliphatic rings. The van der Waals surface area contributed by atoms with Crippen molar-refractivity contribution in [2.24, 2.45) is 5.92 Å². The van der Waals surface area contributed by atoms with E-state index in [1.807, 2.05) is 50.2 Å². The van der Waals surface area contributed by atoms with E-state index < -0.39 is 6.04 Å². The standard InChI is InChI=1S/C26H36N2O2S/c1-6-24(26(30)27-15-19(2)3)28(16-22-13-9-7-11-20(22)4)25(29)18-31-17-23-14-10-8-12-21(23)5/h7-14,19,24H,6,15-18H2,1-5H3,(H,27,30). The number of amides is 2. The molecule has 5 heteroatoms. The number of aryl methyl sites for hydroxylation is 2. The molecular weight excluding hydrogens is 404 g/mol. The van der Waals surface area contributed by atoms with Crippen LogP contribution in [0.2, 0.25) is 0 Å². The summed E-state index contributed by atoms with van der Waals surface area (Å²) >= 11 is 1.61. The third-order valence-electron chi connectivity index (χ3n) is 5.42. The Morgan fingerprint density at radius 1 is 0.968 bits per heavy atom. The van der Waals surface area contributed by atoms with E-state index in [0.29, 0.717) is 31.2 Å². The monoisotopic (exact) mass is 440 g/mol. The quantitative estimate of drug-likeness (QED) is 0.528. The highest BCUT2D eigenvalue weighted by molar-refractivity contribution is 7.99. The zero-order chi connectivity index (χ0) is 22.8. The van der Waals surface area contributed by atoms with Crippen LogP contribution in [0, 0.1) is 19.8 Å².